The number of methoxy groups -OCH3 is 2. The Balaban J connectivity index is 2.10. The molecule has 0 aliphatic heterocycles. The summed E-state index contributed by atoms with van der Waals surface area (Å²) < 4.78 is 12.8. The summed E-state index contributed by atoms with van der Waals surface area (Å²) in [6, 6.07) is 4.49. The minimum absolute atomic E-state index is 0.377. The average molecular weight is 393 g/mol. The van der Waals surface area contributed by atoms with Crippen LogP contribution in [-0.4, -0.2) is 26.4 Å². The maximum absolute atomic E-state index is 5.47. The average Bonchev–Trinajstić information content (AvgIpc) is 2.42. The number of rotatable bonds is 4. The van der Waals surface area contributed by atoms with E-state index in [-0.39, 0.29) is 0 Å². The standard InChI is InChI=1S/C14H19Br2NO2/c1-18-10-5-3-4-9(6-10)17-13-8-14(19-2)12(16)7-11(13)15/h7-10,17H,3-6H2,1-2H3. The molecule has 106 valence electrons. The van der Waals surface area contributed by atoms with E-state index in [0.29, 0.717) is 12.1 Å². The van der Waals surface area contributed by atoms with Crippen molar-refractivity contribution in [2.24, 2.45) is 0 Å². The highest BCUT2D eigenvalue weighted by Gasteiger charge is 2.22. The largest absolute Gasteiger partial charge is 0.495 e. The first kappa shape index (κ1) is 15.1. The van der Waals surface area contributed by atoms with Gasteiger partial charge in [0.2, 0.25) is 0 Å². The van der Waals surface area contributed by atoms with Crippen LogP contribution in [0.1, 0.15) is 25.7 Å². The van der Waals surface area contributed by atoms with Crippen LogP contribution in [0.4, 0.5) is 5.69 Å². The van der Waals surface area contributed by atoms with E-state index in [0.717, 1.165) is 26.8 Å². The molecule has 2 rings (SSSR count). The fourth-order valence-corrected chi connectivity index (χ4v) is 3.78. The summed E-state index contributed by atoms with van der Waals surface area (Å²) in [5.41, 5.74) is 1.07. The molecule has 2 atom stereocenters. The Bertz CT molecular complexity index is 440. The molecular weight excluding hydrogens is 374 g/mol. The van der Waals surface area contributed by atoms with Crippen LogP contribution in [0, 0.1) is 0 Å². The van der Waals surface area contributed by atoms with Crippen LogP contribution in [0.25, 0.3) is 0 Å². The van der Waals surface area contributed by atoms with E-state index in [4.69, 9.17) is 9.47 Å². The van der Waals surface area contributed by atoms with Crippen molar-refractivity contribution in [2.45, 2.75) is 37.8 Å². The van der Waals surface area contributed by atoms with Crippen molar-refractivity contribution in [3.63, 3.8) is 0 Å². The maximum atomic E-state index is 5.47. The number of anilines is 1. The second-order valence-corrected chi connectivity index (χ2v) is 6.54. The smallest absolute Gasteiger partial charge is 0.135 e. The molecule has 0 amide bonds. The fourth-order valence-electron chi connectivity index (χ4n) is 2.51. The highest BCUT2D eigenvalue weighted by atomic mass is 79.9. The highest BCUT2D eigenvalue weighted by Crippen LogP contribution is 2.36. The zero-order chi connectivity index (χ0) is 13.8. The molecule has 1 aromatic carbocycles. The Kier molecular flexibility index (Phi) is 5.54. The van der Waals surface area contributed by atoms with Crippen LogP contribution in [-0.2, 0) is 4.74 Å². The number of hydrogen-bond donors (Lipinski definition) is 1. The zero-order valence-corrected chi connectivity index (χ0v) is 14.4. The lowest BCUT2D eigenvalue weighted by Gasteiger charge is -2.30. The van der Waals surface area contributed by atoms with Crippen molar-refractivity contribution in [3.05, 3.63) is 21.1 Å². The quantitative estimate of drug-likeness (QED) is 0.812. The van der Waals surface area contributed by atoms with Gasteiger partial charge in [0, 0.05) is 23.7 Å². The molecule has 1 N–H and O–H groups in total. The molecule has 1 aliphatic carbocycles. The van der Waals surface area contributed by atoms with E-state index < -0.39 is 0 Å². The molecule has 1 saturated carbocycles. The van der Waals surface area contributed by atoms with Crippen molar-refractivity contribution in [1.82, 2.24) is 0 Å². The summed E-state index contributed by atoms with van der Waals surface area (Å²) in [5.74, 6) is 0.838. The first-order chi connectivity index (χ1) is 9.13. The molecule has 5 heteroatoms. The van der Waals surface area contributed by atoms with Crippen molar-refractivity contribution in [3.8, 4) is 5.75 Å². The van der Waals surface area contributed by atoms with Gasteiger partial charge < -0.3 is 14.8 Å². The molecule has 0 heterocycles. The van der Waals surface area contributed by atoms with Gasteiger partial charge in [-0.05, 0) is 63.6 Å². The topological polar surface area (TPSA) is 30.5 Å². The van der Waals surface area contributed by atoms with Crippen LogP contribution in [0.5, 0.6) is 5.75 Å². The first-order valence-corrected chi connectivity index (χ1v) is 8.05. The molecule has 0 spiro atoms. The van der Waals surface area contributed by atoms with Gasteiger partial charge in [0.25, 0.3) is 0 Å². The minimum atomic E-state index is 0.377. The van der Waals surface area contributed by atoms with Gasteiger partial charge in [-0.2, -0.15) is 0 Å². The summed E-state index contributed by atoms with van der Waals surface area (Å²) >= 11 is 7.07. The zero-order valence-electron chi connectivity index (χ0n) is 11.2. The van der Waals surface area contributed by atoms with Crippen LogP contribution >= 0.6 is 31.9 Å². The molecule has 1 aliphatic rings. The normalized spacial score (nSPS) is 23.2. The van der Waals surface area contributed by atoms with Gasteiger partial charge in [-0.1, -0.05) is 0 Å². The molecule has 19 heavy (non-hydrogen) atoms. The van der Waals surface area contributed by atoms with Crippen molar-refractivity contribution in [1.29, 1.82) is 0 Å². The molecule has 1 fully saturated rings. The summed E-state index contributed by atoms with van der Waals surface area (Å²) in [6.07, 6.45) is 5.00. The van der Waals surface area contributed by atoms with E-state index in [1.54, 1.807) is 14.2 Å². The predicted molar refractivity (Wildman–Crippen MR) is 85.1 cm³/mol. The van der Waals surface area contributed by atoms with Gasteiger partial charge in [0.1, 0.15) is 5.75 Å². The highest BCUT2D eigenvalue weighted by molar-refractivity contribution is 9.11. The SMILES string of the molecule is COc1cc(NC2CCCC(OC)C2)c(Br)cc1Br. The van der Waals surface area contributed by atoms with E-state index >= 15 is 0 Å². The van der Waals surface area contributed by atoms with Crippen LogP contribution in [0.15, 0.2) is 21.1 Å². The molecule has 3 nitrogen and oxygen atoms in total. The van der Waals surface area contributed by atoms with E-state index in [9.17, 15) is 0 Å². The number of benzene rings is 1. The summed E-state index contributed by atoms with van der Waals surface area (Å²) in [7, 11) is 3.48. The summed E-state index contributed by atoms with van der Waals surface area (Å²) in [4.78, 5) is 0. The summed E-state index contributed by atoms with van der Waals surface area (Å²) in [6.45, 7) is 0. The molecular formula is C14H19Br2NO2. The Labute approximate surface area is 131 Å². The lowest BCUT2D eigenvalue weighted by molar-refractivity contribution is 0.0669. The molecule has 0 bridgehead atoms. The number of ether oxygens (including phenoxy) is 2. The Morgan fingerprint density at radius 1 is 1.16 bits per heavy atom. The third-order valence-corrected chi connectivity index (χ3v) is 4.84. The molecule has 0 aromatic heterocycles. The Morgan fingerprint density at radius 3 is 2.63 bits per heavy atom. The number of nitrogens with one attached hydrogen (secondary N) is 1. The summed E-state index contributed by atoms with van der Waals surface area (Å²) in [5, 5.41) is 3.59. The Hall–Kier alpha value is -0.260. The van der Waals surface area contributed by atoms with Gasteiger partial charge in [-0.3, -0.25) is 0 Å². The lowest BCUT2D eigenvalue weighted by Crippen LogP contribution is -2.31. The minimum Gasteiger partial charge on any atom is -0.495 e. The van der Waals surface area contributed by atoms with Gasteiger partial charge in [-0.25, -0.2) is 0 Å². The monoisotopic (exact) mass is 391 g/mol. The van der Waals surface area contributed by atoms with Gasteiger partial charge in [0.05, 0.1) is 23.4 Å². The molecule has 0 radical (unpaired) electrons. The Morgan fingerprint density at radius 2 is 1.95 bits per heavy atom. The van der Waals surface area contributed by atoms with Crippen molar-refractivity contribution >= 4 is 37.5 Å². The third kappa shape index (κ3) is 3.86. The van der Waals surface area contributed by atoms with Crippen molar-refractivity contribution in [2.75, 3.05) is 19.5 Å². The second kappa shape index (κ2) is 6.95. The van der Waals surface area contributed by atoms with Gasteiger partial charge >= 0.3 is 0 Å². The van der Waals surface area contributed by atoms with Crippen molar-refractivity contribution < 1.29 is 9.47 Å². The van der Waals surface area contributed by atoms with Gasteiger partial charge in [0.15, 0.2) is 0 Å². The maximum Gasteiger partial charge on any atom is 0.135 e. The van der Waals surface area contributed by atoms with Gasteiger partial charge in [-0.15, -0.1) is 0 Å². The van der Waals surface area contributed by atoms with Crippen LogP contribution in [0.3, 0.4) is 0 Å². The van der Waals surface area contributed by atoms with E-state index in [1.165, 1.54) is 19.3 Å². The molecule has 0 saturated heterocycles. The number of halogens is 2. The molecule has 1 aromatic rings. The third-order valence-electron chi connectivity index (χ3n) is 3.56. The van der Waals surface area contributed by atoms with E-state index in [2.05, 4.69) is 37.2 Å². The lowest BCUT2D eigenvalue weighted by atomic mass is 9.92. The number of hydrogen-bond acceptors (Lipinski definition) is 3. The van der Waals surface area contributed by atoms with Crippen LogP contribution < -0.4 is 10.1 Å². The molecule has 2 unspecified atom stereocenters. The predicted octanol–water partition coefficient (Wildman–Crippen LogP) is 4.59. The second-order valence-electron chi connectivity index (χ2n) is 4.83. The first-order valence-electron chi connectivity index (χ1n) is 6.46. The van der Waals surface area contributed by atoms with E-state index in [1.807, 2.05) is 12.1 Å². The fraction of sp³-hybridized carbons (Fsp3) is 0.571. The van der Waals surface area contributed by atoms with Crippen LogP contribution in [0.2, 0.25) is 0 Å².